The quantitative estimate of drug-likeness (QED) is 0.437. The van der Waals surface area contributed by atoms with E-state index in [1.54, 1.807) is 0 Å². The van der Waals surface area contributed by atoms with Gasteiger partial charge in [-0.1, -0.05) is 19.1 Å². The van der Waals surface area contributed by atoms with E-state index in [9.17, 15) is 0 Å². The highest BCUT2D eigenvalue weighted by atomic mass is 14.7. The van der Waals surface area contributed by atoms with E-state index in [2.05, 4.69) is 24.1 Å². The molecule has 1 unspecified atom stereocenters. The van der Waals surface area contributed by atoms with Gasteiger partial charge in [-0.15, -0.1) is 6.42 Å². The molecule has 0 aliphatic heterocycles. The van der Waals surface area contributed by atoms with Crippen molar-refractivity contribution >= 4 is 5.71 Å². The first kappa shape index (κ1) is 9.20. The van der Waals surface area contributed by atoms with Crippen LogP contribution in [-0.2, 0) is 0 Å². The minimum Gasteiger partial charge on any atom is -0.260 e. The molecule has 0 bridgehead atoms. The van der Waals surface area contributed by atoms with Gasteiger partial charge in [0, 0.05) is 6.20 Å². The summed E-state index contributed by atoms with van der Waals surface area (Å²) in [6.07, 6.45) is 7.84. The number of aliphatic imine (C=N–C) groups is 1. The van der Waals surface area contributed by atoms with Gasteiger partial charge in [-0.25, -0.2) is 0 Å². The van der Waals surface area contributed by atoms with Crippen LogP contribution in [0.2, 0.25) is 0 Å². The summed E-state index contributed by atoms with van der Waals surface area (Å²) in [5.74, 6) is 1.66. The van der Waals surface area contributed by atoms with Gasteiger partial charge in [0.2, 0.25) is 0 Å². The fourth-order valence-electron chi connectivity index (χ4n) is 0.539. The van der Waals surface area contributed by atoms with Crippen LogP contribution >= 0.6 is 0 Å². The Kier molecular flexibility index (Phi) is 4.20. The maximum atomic E-state index is 8.50. The molecule has 0 amide bonds. The van der Waals surface area contributed by atoms with Crippen LogP contribution in [-0.4, -0.2) is 5.71 Å². The largest absolute Gasteiger partial charge is 0.260 e. The molecule has 0 aromatic carbocycles. The minimum atomic E-state index is -0.620. The van der Waals surface area contributed by atoms with Gasteiger partial charge >= 0.3 is 0 Å². The van der Waals surface area contributed by atoms with Gasteiger partial charge in [0.25, 0.3) is 0 Å². The van der Waals surface area contributed by atoms with Crippen LogP contribution in [0.1, 0.15) is 0 Å². The van der Waals surface area contributed by atoms with Crippen molar-refractivity contribution in [3.8, 4) is 18.4 Å². The molecule has 0 spiro atoms. The zero-order valence-corrected chi connectivity index (χ0v) is 6.12. The molecule has 2 nitrogen and oxygen atoms in total. The molecule has 0 saturated heterocycles. The van der Waals surface area contributed by atoms with Crippen LogP contribution in [0.5, 0.6) is 0 Å². The van der Waals surface area contributed by atoms with E-state index in [1.807, 2.05) is 6.07 Å². The van der Waals surface area contributed by atoms with E-state index in [4.69, 9.17) is 11.7 Å². The standard InChI is InChI=1S/C9H8N2/c1-4-8(7-10)9(5-2)11-6-3/h1,5-6,8H,2-3H2. The average molecular weight is 144 g/mol. The lowest BCUT2D eigenvalue weighted by atomic mass is 10.1. The Balaban J connectivity index is 4.67. The van der Waals surface area contributed by atoms with Crippen molar-refractivity contribution in [2.45, 2.75) is 0 Å². The lowest BCUT2D eigenvalue weighted by Gasteiger charge is -1.97. The summed E-state index contributed by atoms with van der Waals surface area (Å²) in [5, 5.41) is 8.50. The second-order valence-corrected chi connectivity index (χ2v) is 1.67. The predicted molar refractivity (Wildman–Crippen MR) is 45.8 cm³/mol. The van der Waals surface area contributed by atoms with Gasteiger partial charge < -0.3 is 0 Å². The Hall–Kier alpha value is -1.80. The highest BCUT2D eigenvalue weighted by Gasteiger charge is 2.06. The van der Waals surface area contributed by atoms with Gasteiger partial charge in [0.1, 0.15) is 5.92 Å². The van der Waals surface area contributed by atoms with Gasteiger partial charge in [-0.2, -0.15) is 5.26 Å². The zero-order chi connectivity index (χ0) is 8.69. The molecule has 0 radical (unpaired) electrons. The van der Waals surface area contributed by atoms with Gasteiger partial charge in [-0.3, -0.25) is 4.99 Å². The topological polar surface area (TPSA) is 36.1 Å². The van der Waals surface area contributed by atoms with Crippen LogP contribution in [0, 0.1) is 29.6 Å². The monoisotopic (exact) mass is 144 g/mol. The number of hydrogen-bond acceptors (Lipinski definition) is 2. The number of allylic oxidation sites excluding steroid dienone is 1. The molecule has 1 atom stereocenters. The summed E-state index contributed by atoms with van der Waals surface area (Å²) < 4.78 is 0. The number of nitrogens with zero attached hydrogens (tertiary/aromatic N) is 2. The molecule has 0 N–H and O–H groups in total. The molecule has 54 valence electrons. The van der Waals surface area contributed by atoms with Crippen LogP contribution in [0.15, 0.2) is 30.4 Å². The molecule has 2 heteroatoms. The molecular weight excluding hydrogens is 136 g/mol. The Morgan fingerprint density at radius 3 is 2.55 bits per heavy atom. The number of rotatable bonds is 3. The lowest BCUT2D eigenvalue weighted by molar-refractivity contribution is 1.19. The normalized spacial score (nSPS) is 12.4. The highest BCUT2D eigenvalue weighted by Crippen LogP contribution is 1.98. The molecule has 0 aromatic rings. The first-order valence-electron chi connectivity index (χ1n) is 2.97. The smallest absolute Gasteiger partial charge is 0.148 e. The lowest BCUT2D eigenvalue weighted by Crippen LogP contribution is -2.06. The average Bonchev–Trinajstić information content (AvgIpc) is 2.05. The molecule has 0 aromatic heterocycles. The number of hydrogen-bond donors (Lipinski definition) is 0. The van der Waals surface area contributed by atoms with Crippen molar-refractivity contribution in [2.24, 2.45) is 10.9 Å². The first-order valence-corrected chi connectivity index (χ1v) is 2.97. The number of terminal acetylenes is 1. The van der Waals surface area contributed by atoms with Crippen molar-refractivity contribution < 1.29 is 0 Å². The maximum Gasteiger partial charge on any atom is 0.148 e. The van der Waals surface area contributed by atoms with E-state index in [-0.39, 0.29) is 0 Å². The van der Waals surface area contributed by atoms with E-state index in [0.717, 1.165) is 0 Å². The van der Waals surface area contributed by atoms with Gasteiger partial charge in [0.15, 0.2) is 0 Å². The Bertz CT molecular complexity index is 246. The van der Waals surface area contributed by atoms with Crippen molar-refractivity contribution in [1.82, 2.24) is 0 Å². The van der Waals surface area contributed by atoms with Gasteiger partial charge in [-0.05, 0) is 6.08 Å². The van der Waals surface area contributed by atoms with Crippen LogP contribution in [0.3, 0.4) is 0 Å². The molecule has 0 rings (SSSR count). The maximum absolute atomic E-state index is 8.50. The summed E-state index contributed by atoms with van der Waals surface area (Å²) in [6, 6.07) is 1.90. The van der Waals surface area contributed by atoms with Crippen molar-refractivity contribution in [3.63, 3.8) is 0 Å². The second-order valence-electron chi connectivity index (χ2n) is 1.67. The van der Waals surface area contributed by atoms with Crippen LogP contribution in [0.4, 0.5) is 0 Å². The summed E-state index contributed by atoms with van der Waals surface area (Å²) in [7, 11) is 0. The summed E-state index contributed by atoms with van der Waals surface area (Å²) in [4.78, 5) is 3.78. The third-order valence-corrected chi connectivity index (χ3v) is 1.04. The molecule has 0 aliphatic carbocycles. The molecule has 0 heterocycles. The van der Waals surface area contributed by atoms with Crippen molar-refractivity contribution in [1.29, 1.82) is 5.26 Å². The van der Waals surface area contributed by atoms with E-state index >= 15 is 0 Å². The van der Waals surface area contributed by atoms with Gasteiger partial charge in [0.05, 0.1) is 11.8 Å². The Morgan fingerprint density at radius 2 is 2.27 bits per heavy atom. The summed E-state index contributed by atoms with van der Waals surface area (Å²) in [5.41, 5.74) is 0.463. The zero-order valence-electron chi connectivity index (χ0n) is 6.12. The van der Waals surface area contributed by atoms with E-state index < -0.39 is 5.92 Å². The predicted octanol–water partition coefficient (Wildman–Crippen LogP) is 1.53. The molecule has 0 fully saturated rings. The Labute approximate surface area is 66.6 Å². The van der Waals surface area contributed by atoms with E-state index in [0.29, 0.717) is 5.71 Å². The highest BCUT2D eigenvalue weighted by molar-refractivity contribution is 6.00. The SMILES string of the molecule is C#CC(C#N)C(C=C)=NC=C. The van der Waals surface area contributed by atoms with E-state index in [1.165, 1.54) is 12.3 Å². The fourth-order valence-corrected chi connectivity index (χ4v) is 0.539. The van der Waals surface area contributed by atoms with Crippen LogP contribution in [0.25, 0.3) is 0 Å². The van der Waals surface area contributed by atoms with Crippen molar-refractivity contribution in [3.05, 3.63) is 25.4 Å². The third kappa shape index (κ3) is 2.51. The first-order chi connectivity index (χ1) is 5.29. The molecule has 0 saturated carbocycles. The third-order valence-electron chi connectivity index (χ3n) is 1.04. The fraction of sp³-hybridized carbons (Fsp3) is 0.111. The molecule has 11 heavy (non-hydrogen) atoms. The van der Waals surface area contributed by atoms with Crippen molar-refractivity contribution in [2.75, 3.05) is 0 Å². The molecular formula is C9H8N2. The molecule has 0 aliphatic rings. The summed E-state index contributed by atoms with van der Waals surface area (Å²) in [6.45, 7) is 6.86. The second kappa shape index (κ2) is 5.02. The number of nitriles is 1. The van der Waals surface area contributed by atoms with Crippen LogP contribution < -0.4 is 0 Å². The minimum absolute atomic E-state index is 0.463. The Morgan fingerprint density at radius 1 is 1.64 bits per heavy atom. The summed E-state index contributed by atoms with van der Waals surface area (Å²) >= 11 is 0.